The first-order valence-electron chi connectivity index (χ1n) is 6.04. The molecular weight excluding hydrogens is 216 g/mol. The lowest BCUT2D eigenvalue weighted by molar-refractivity contribution is 0.0260. The van der Waals surface area contributed by atoms with E-state index in [0.29, 0.717) is 5.54 Å². The van der Waals surface area contributed by atoms with Gasteiger partial charge in [0.2, 0.25) is 8.32 Å². The summed E-state index contributed by atoms with van der Waals surface area (Å²) in [5.74, 6) is 0. The van der Waals surface area contributed by atoms with Crippen molar-refractivity contribution in [2.75, 3.05) is 19.8 Å². The topological polar surface area (TPSA) is 18.5 Å². The number of hydrogen-bond donors (Lipinski definition) is 0. The Morgan fingerprint density at radius 2 is 2.00 bits per heavy atom. The van der Waals surface area contributed by atoms with Gasteiger partial charge in [-0.1, -0.05) is 37.3 Å². The fourth-order valence-electron chi connectivity index (χ4n) is 2.07. The Balaban J connectivity index is 2.19. The van der Waals surface area contributed by atoms with Gasteiger partial charge >= 0.3 is 0 Å². The molecule has 0 aliphatic carbocycles. The molecule has 0 N–H and O–H groups in total. The smallest absolute Gasteiger partial charge is 0.228 e. The SMILES string of the molecule is CCCO[Si](C)(c1ccccc1)C1COC1. The van der Waals surface area contributed by atoms with Crippen LogP contribution in [-0.2, 0) is 9.16 Å². The monoisotopic (exact) mass is 236 g/mol. The first-order chi connectivity index (χ1) is 7.77. The highest BCUT2D eigenvalue weighted by Crippen LogP contribution is 2.30. The van der Waals surface area contributed by atoms with Crippen LogP contribution in [-0.4, -0.2) is 28.1 Å². The summed E-state index contributed by atoms with van der Waals surface area (Å²) in [4.78, 5) is 0. The highest BCUT2D eigenvalue weighted by molar-refractivity contribution is 6.87. The third-order valence-corrected chi connectivity index (χ3v) is 7.55. The highest BCUT2D eigenvalue weighted by Gasteiger charge is 2.44. The molecule has 2 rings (SSSR count). The molecule has 2 nitrogen and oxygen atoms in total. The van der Waals surface area contributed by atoms with Gasteiger partial charge < -0.3 is 9.16 Å². The molecule has 1 aliphatic heterocycles. The molecular formula is C13H20O2Si. The molecule has 1 aromatic carbocycles. The lowest BCUT2D eigenvalue weighted by Gasteiger charge is -2.40. The minimum absolute atomic E-state index is 0.626. The zero-order valence-electron chi connectivity index (χ0n) is 10.1. The molecule has 0 radical (unpaired) electrons. The van der Waals surface area contributed by atoms with Gasteiger partial charge in [0.05, 0.1) is 13.2 Å². The van der Waals surface area contributed by atoms with E-state index in [9.17, 15) is 0 Å². The summed E-state index contributed by atoms with van der Waals surface area (Å²) in [6.07, 6.45) is 1.09. The second-order valence-corrected chi connectivity index (χ2v) is 8.45. The van der Waals surface area contributed by atoms with E-state index in [1.165, 1.54) is 5.19 Å². The molecule has 1 unspecified atom stereocenters. The lowest BCUT2D eigenvalue weighted by Crippen LogP contribution is -2.57. The Hall–Kier alpha value is -0.643. The van der Waals surface area contributed by atoms with E-state index < -0.39 is 8.32 Å². The maximum Gasteiger partial charge on any atom is 0.228 e. The molecule has 16 heavy (non-hydrogen) atoms. The highest BCUT2D eigenvalue weighted by atomic mass is 28.4. The van der Waals surface area contributed by atoms with Crippen LogP contribution in [0, 0.1) is 0 Å². The normalized spacial score (nSPS) is 20.1. The maximum atomic E-state index is 6.23. The average molecular weight is 236 g/mol. The number of rotatable bonds is 5. The second kappa shape index (κ2) is 5.12. The van der Waals surface area contributed by atoms with Gasteiger partial charge in [-0.3, -0.25) is 0 Å². The molecule has 0 spiro atoms. The number of ether oxygens (including phenoxy) is 1. The van der Waals surface area contributed by atoms with Crippen molar-refractivity contribution >= 4 is 13.5 Å². The van der Waals surface area contributed by atoms with Crippen molar-refractivity contribution in [2.45, 2.75) is 25.4 Å². The summed E-state index contributed by atoms with van der Waals surface area (Å²) in [6.45, 7) is 7.11. The summed E-state index contributed by atoms with van der Waals surface area (Å²) in [7, 11) is -1.79. The summed E-state index contributed by atoms with van der Waals surface area (Å²) in [5.41, 5.74) is 0.626. The van der Waals surface area contributed by atoms with E-state index in [1.54, 1.807) is 0 Å². The van der Waals surface area contributed by atoms with Crippen molar-refractivity contribution < 1.29 is 9.16 Å². The quantitative estimate of drug-likeness (QED) is 0.730. The van der Waals surface area contributed by atoms with Crippen LogP contribution in [0.15, 0.2) is 30.3 Å². The van der Waals surface area contributed by atoms with Crippen molar-refractivity contribution in [1.82, 2.24) is 0 Å². The predicted octanol–water partition coefficient (Wildman–Crippen LogP) is 2.30. The van der Waals surface area contributed by atoms with Gasteiger partial charge in [0.25, 0.3) is 0 Å². The van der Waals surface area contributed by atoms with Crippen LogP contribution in [0.1, 0.15) is 13.3 Å². The van der Waals surface area contributed by atoms with Gasteiger partial charge in [-0.25, -0.2) is 0 Å². The summed E-state index contributed by atoms with van der Waals surface area (Å²) >= 11 is 0. The van der Waals surface area contributed by atoms with Crippen LogP contribution in [0.25, 0.3) is 0 Å². The van der Waals surface area contributed by atoms with E-state index in [-0.39, 0.29) is 0 Å². The molecule has 1 heterocycles. The standard InChI is InChI=1S/C13H20O2Si/c1-3-9-15-16(2,13-10-14-11-13)12-7-5-4-6-8-12/h4-8,13H,3,9-11H2,1-2H3. The molecule has 1 saturated heterocycles. The number of hydrogen-bond acceptors (Lipinski definition) is 2. The van der Waals surface area contributed by atoms with Gasteiger partial charge in [0.15, 0.2) is 0 Å². The van der Waals surface area contributed by atoms with Crippen molar-refractivity contribution in [3.63, 3.8) is 0 Å². The third-order valence-electron chi connectivity index (χ3n) is 3.37. The zero-order chi connectivity index (χ0) is 11.4. The zero-order valence-corrected chi connectivity index (χ0v) is 11.1. The molecule has 1 atom stereocenters. The maximum absolute atomic E-state index is 6.23. The predicted molar refractivity (Wildman–Crippen MR) is 68.5 cm³/mol. The first kappa shape index (κ1) is 11.8. The molecule has 88 valence electrons. The molecule has 0 bridgehead atoms. The van der Waals surface area contributed by atoms with Gasteiger partial charge in [-0.05, 0) is 18.2 Å². The molecule has 3 heteroatoms. The molecule has 1 aromatic rings. The van der Waals surface area contributed by atoms with Crippen LogP contribution in [0.2, 0.25) is 12.1 Å². The fourth-order valence-corrected chi connectivity index (χ4v) is 5.30. The van der Waals surface area contributed by atoms with Crippen LogP contribution < -0.4 is 5.19 Å². The Kier molecular flexibility index (Phi) is 3.79. The fraction of sp³-hybridized carbons (Fsp3) is 0.538. The van der Waals surface area contributed by atoms with Gasteiger partial charge in [0, 0.05) is 12.1 Å². The minimum Gasteiger partial charge on any atom is -0.412 e. The Morgan fingerprint density at radius 1 is 1.31 bits per heavy atom. The Bertz CT molecular complexity index is 324. The molecule has 1 aliphatic rings. The van der Waals surface area contributed by atoms with E-state index in [1.807, 2.05) is 0 Å². The lowest BCUT2D eigenvalue weighted by atomic mass is 10.4. The van der Waals surface area contributed by atoms with E-state index >= 15 is 0 Å². The summed E-state index contributed by atoms with van der Waals surface area (Å²) in [5, 5.41) is 1.40. The summed E-state index contributed by atoms with van der Waals surface area (Å²) < 4.78 is 11.6. The molecule has 0 aromatic heterocycles. The third kappa shape index (κ3) is 2.21. The van der Waals surface area contributed by atoms with Crippen molar-refractivity contribution in [1.29, 1.82) is 0 Å². The average Bonchev–Trinajstić information content (AvgIpc) is 2.25. The van der Waals surface area contributed by atoms with E-state index in [2.05, 4.69) is 43.8 Å². The molecule has 0 amide bonds. The number of benzene rings is 1. The van der Waals surface area contributed by atoms with E-state index in [4.69, 9.17) is 9.16 Å². The van der Waals surface area contributed by atoms with Crippen molar-refractivity contribution in [2.24, 2.45) is 0 Å². The van der Waals surface area contributed by atoms with Crippen molar-refractivity contribution in [3.8, 4) is 0 Å². The van der Waals surface area contributed by atoms with Gasteiger partial charge in [-0.2, -0.15) is 0 Å². The largest absolute Gasteiger partial charge is 0.412 e. The summed E-state index contributed by atoms with van der Waals surface area (Å²) in [6, 6.07) is 10.7. The van der Waals surface area contributed by atoms with Crippen LogP contribution >= 0.6 is 0 Å². The van der Waals surface area contributed by atoms with Crippen molar-refractivity contribution in [3.05, 3.63) is 30.3 Å². The van der Waals surface area contributed by atoms with Crippen LogP contribution in [0.3, 0.4) is 0 Å². The van der Waals surface area contributed by atoms with E-state index in [0.717, 1.165) is 26.2 Å². The Labute approximate surface area is 98.7 Å². The molecule has 0 saturated carbocycles. The van der Waals surface area contributed by atoms with Gasteiger partial charge in [-0.15, -0.1) is 0 Å². The minimum atomic E-state index is -1.79. The van der Waals surface area contributed by atoms with Crippen LogP contribution in [0.4, 0.5) is 0 Å². The first-order valence-corrected chi connectivity index (χ1v) is 8.53. The molecule has 1 fully saturated rings. The Morgan fingerprint density at radius 3 is 2.50 bits per heavy atom. The van der Waals surface area contributed by atoms with Crippen LogP contribution in [0.5, 0.6) is 0 Å². The van der Waals surface area contributed by atoms with Gasteiger partial charge in [0.1, 0.15) is 0 Å². The second-order valence-electron chi connectivity index (χ2n) is 4.56.